The lowest BCUT2D eigenvalue weighted by molar-refractivity contribution is -0.0173. The van der Waals surface area contributed by atoms with E-state index < -0.39 is 0 Å². The van der Waals surface area contributed by atoms with E-state index in [4.69, 9.17) is 19.4 Å². The largest absolute Gasteiger partial charge is 0.467 e. The van der Waals surface area contributed by atoms with Crippen molar-refractivity contribution < 1.29 is 13.9 Å². The van der Waals surface area contributed by atoms with Crippen LogP contribution in [0.5, 0.6) is 5.75 Å². The van der Waals surface area contributed by atoms with Gasteiger partial charge in [-0.05, 0) is 49.9 Å². The lowest BCUT2D eigenvalue weighted by atomic mass is 9.91. The van der Waals surface area contributed by atoms with Gasteiger partial charge in [0, 0.05) is 49.2 Å². The summed E-state index contributed by atoms with van der Waals surface area (Å²) in [5.74, 6) is 2.11. The number of rotatable bonds is 6. The van der Waals surface area contributed by atoms with Gasteiger partial charge < -0.3 is 25.0 Å². The molecule has 0 bridgehead atoms. The zero-order valence-electron chi connectivity index (χ0n) is 19.1. The molecule has 1 aliphatic heterocycles. The molecule has 5 rings (SSSR count). The van der Waals surface area contributed by atoms with Crippen LogP contribution in [-0.2, 0) is 17.9 Å². The SMILES string of the molecule is CN(C)c1nc(NC2CCC(NCc3cc(F)cc4c3OCOC4)CC2)nc2ccccc12. The molecule has 0 saturated heterocycles. The minimum absolute atomic E-state index is 0.217. The summed E-state index contributed by atoms with van der Waals surface area (Å²) in [6, 6.07) is 11.9. The van der Waals surface area contributed by atoms with Crippen molar-refractivity contribution in [3.05, 3.63) is 53.3 Å². The Morgan fingerprint density at radius 3 is 2.67 bits per heavy atom. The number of nitrogens with zero attached hydrogens (tertiary/aromatic N) is 3. The maximum Gasteiger partial charge on any atom is 0.225 e. The van der Waals surface area contributed by atoms with Crippen molar-refractivity contribution in [3.8, 4) is 5.75 Å². The van der Waals surface area contributed by atoms with E-state index in [0.717, 1.165) is 59.3 Å². The number of benzene rings is 2. The first-order chi connectivity index (χ1) is 16.1. The number of anilines is 2. The fraction of sp³-hybridized carbons (Fsp3) is 0.440. The summed E-state index contributed by atoms with van der Waals surface area (Å²) in [7, 11) is 4.01. The average Bonchev–Trinajstić information content (AvgIpc) is 2.82. The molecule has 0 atom stereocenters. The maximum absolute atomic E-state index is 14.0. The second-order valence-corrected chi connectivity index (χ2v) is 9.02. The number of fused-ring (bicyclic) bond motifs is 2. The molecule has 2 aromatic carbocycles. The van der Waals surface area contributed by atoms with E-state index in [-0.39, 0.29) is 12.6 Å². The molecule has 0 radical (unpaired) electrons. The first-order valence-electron chi connectivity index (χ1n) is 11.5. The topological polar surface area (TPSA) is 71.5 Å². The van der Waals surface area contributed by atoms with E-state index in [1.165, 1.54) is 6.07 Å². The van der Waals surface area contributed by atoms with Crippen LogP contribution in [0.2, 0.25) is 0 Å². The summed E-state index contributed by atoms with van der Waals surface area (Å²) in [6.45, 7) is 1.20. The number of halogens is 1. The molecule has 0 unspecified atom stereocenters. The highest BCUT2D eigenvalue weighted by molar-refractivity contribution is 5.90. The standard InChI is InChI=1S/C25H30FN5O2/c1-31(2)24-21-5-3-4-6-22(21)29-25(30-24)28-20-9-7-19(8-10-20)27-13-16-11-18(26)12-17-14-32-15-33-23(16)17/h3-6,11-12,19-20,27H,7-10,13-15H2,1-2H3,(H,28,29,30). The predicted molar refractivity (Wildman–Crippen MR) is 127 cm³/mol. The van der Waals surface area contributed by atoms with Crippen molar-refractivity contribution in [2.75, 3.05) is 31.1 Å². The Labute approximate surface area is 193 Å². The molecule has 2 N–H and O–H groups in total. The molecule has 1 saturated carbocycles. The van der Waals surface area contributed by atoms with Gasteiger partial charge in [0.15, 0.2) is 6.79 Å². The second kappa shape index (κ2) is 9.49. The summed E-state index contributed by atoms with van der Waals surface area (Å²) in [5, 5.41) is 8.20. The smallest absolute Gasteiger partial charge is 0.225 e. The van der Waals surface area contributed by atoms with Gasteiger partial charge in [0.1, 0.15) is 17.4 Å². The van der Waals surface area contributed by atoms with Crippen molar-refractivity contribution >= 4 is 22.7 Å². The molecule has 0 spiro atoms. The molecule has 2 aliphatic rings. The van der Waals surface area contributed by atoms with Crippen LogP contribution >= 0.6 is 0 Å². The van der Waals surface area contributed by atoms with E-state index in [1.54, 1.807) is 6.07 Å². The summed E-state index contributed by atoms with van der Waals surface area (Å²) >= 11 is 0. The molecule has 174 valence electrons. The van der Waals surface area contributed by atoms with Crippen LogP contribution in [0.15, 0.2) is 36.4 Å². The minimum atomic E-state index is -0.250. The number of aromatic nitrogens is 2. The van der Waals surface area contributed by atoms with Gasteiger partial charge in [0.25, 0.3) is 0 Å². The van der Waals surface area contributed by atoms with Crippen LogP contribution < -0.4 is 20.3 Å². The van der Waals surface area contributed by atoms with Gasteiger partial charge in [-0.15, -0.1) is 0 Å². The fourth-order valence-corrected chi connectivity index (χ4v) is 4.73. The van der Waals surface area contributed by atoms with Crippen LogP contribution in [0.4, 0.5) is 16.2 Å². The lowest BCUT2D eigenvalue weighted by Crippen LogP contribution is -2.37. The lowest BCUT2D eigenvalue weighted by Gasteiger charge is -2.30. The maximum atomic E-state index is 14.0. The number of hydrogen-bond acceptors (Lipinski definition) is 7. The van der Waals surface area contributed by atoms with Gasteiger partial charge in [0.2, 0.25) is 5.95 Å². The second-order valence-electron chi connectivity index (χ2n) is 9.02. The van der Waals surface area contributed by atoms with E-state index in [2.05, 4.69) is 16.7 Å². The molecule has 1 aromatic heterocycles. The third kappa shape index (κ3) is 4.86. The molecule has 1 aliphatic carbocycles. The highest BCUT2D eigenvalue weighted by atomic mass is 19.1. The van der Waals surface area contributed by atoms with Crippen LogP contribution in [0, 0.1) is 5.82 Å². The van der Waals surface area contributed by atoms with Gasteiger partial charge in [-0.3, -0.25) is 0 Å². The van der Waals surface area contributed by atoms with Gasteiger partial charge in [-0.2, -0.15) is 4.98 Å². The van der Waals surface area contributed by atoms with Gasteiger partial charge in [0.05, 0.1) is 12.1 Å². The molecule has 3 aromatic rings. The van der Waals surface area contributed by atoms with Crippen molar-refractivity contribution in [3.63, 3.8) is 0 Å². The average molecular weight is 452 g/mol. The van der Waals surface area contributed by atoms with Crippen molar-refractivity contribution in [2.24, 2.45) is 0 Å². The zero-order chi connectivity index (χ0) is 22.8. The Hall–Kier alpha value is -2.97. The van der Waals surface area contributed by atoms with Crippen molar-refractivity contribution in [1.82, 2.24) is 15.3 Å². The van der Waals surface area contributed by atoms with Crippen LogP contribution in [0.1, 0.15) is 36.8 Å². The van der Waals surface area contributed by atoms with Gasteiger partial charge >= 0.3 is 0 Å². The summed E-state index contributed by atoms with van der Waals surface area (Å²) < 4.78 is 24.9. The highest BCUT2D eigenvalue weighted by Crippen LogP contribution is 2.30. The van der Waals surface area contributed by atoms with Crippen molar-refractivity contribution in [2.45, 2.75) is 50.9 Å². The monoisotopic (exact) mass is 451 g/mol. The van der Waals surface area contributed by atoms with Crippen LogP contribution in [0.3, 0.4) is 0 Å². The number of hydrogen-bond donors (Lipinski definition) is 2. The zero-order valence-corrected chi connectivity index (χ0v) is 19.1. The molecular formula is C25H30FN5O2. The molecule has 1 fully saturated rings. The van der Waals surface area contributed by atoms with E-state index in [0.29, 0.717) is 31.2 Å². The summed E-state index contributed by atoms with van der Waals surface area (Å²) in [4.78, 5) is 11.5. The molecule has 0 amide bonds. The third-order valence-corrected chi connectivity index (χ3v) is 6.40. The molecule has 7 nitrogen and oxygen atoms in total. The Kier molecular flexibility index (Phi) is 6.28. The molecular weight excluding hydrogens is 421 g/mol. The van der Waals surface area contributed by atoms with Crippen LogP contribution in [-0.4, -0.2) is 42.9 Å². The van der Waals surface area contributed by atoms with Gasteiger partial charge in [-0.1, -0.05) is 12.1 Å². The highest BCUT2D eigenvalue weighted by Gasteiger charge is 2.23. The van der Waals surface area contributed by atoms with E-state index in [9.17, 15) is 4.39 Å². The Morgan fingerprint density at radius 2 is 1.85 bits per heavy atom. The number of para-hydroxylation sites is 1. The van der Waals surface area contributed by atoms with Gasteiger partial charge in [-0.25, -0.2) is 9.37 Å². The summed E-state index contributed by atoms with van der Waals surface area (Å²) in [5.41, 5.74) is 2.58. The first-order valence-corrected chi connectivity index (χ1v) is 11.5. The Balaban J connectivity index is 1.19. The van der Waals surface area contributed by atoms with E-state index >= 15 is 0 Å². The van der Waals surface area contributed by atoms with Crippen LogP contribution in [0.25, 0.3) is 10.9 Å². The normalized spacial score (nSPS) is 20.2. The molecule has 33 heavy (non-hydrogen) atoms. The Bertz CT molecular complexity index is 1130. The fourth-order valence-electron chi connectivity index (χ4n) is 4.73. The van der Waals surface area contributed by atoms with Crippen molar-refractivity contribution in [1.29, 1.82) is 0 Å². The predicted octanol–water partition coefficient (Wildman–Crippen LogP) is 4.21. The van der Waals surface area contributed by atoms with E-state index in [1.807, 2.05) is 37.2 Å². The number of ether oxygens (including phenoxy) is 2. The molecule has 8 heteroatoms. The first kappa shape index (κ1) is 21.9. The molecule has 2 heterocycles. The Morgan fingerprint density at radius 1 is 1.06 bits per heavy atom. The summed E-state index contributed by atoms with van der Waals surface area (Å²) in [6.07, 6.45) is 4.12. The minimum Gasteiger partial charge on any atom is -0.467 e. The quantitative estimate of drug-likeness (QED) is 0.582. The third-order valence-electron chi connectivity index (χ3n) is 6.40. The number of nitrogens with one attached hydrogen (secondary N) is 2.